The Morgan fingerprint density at radius 1 is 1.75 bits per heavy atom. The highest BCUT2D eigenvalue weighted by molar-refractivity contribution is 5.71. The van der Waals surface area contributed by atoms with E-state index in [0.29, 0.717) is 0 Å². The molecule has 0 aromatic heterocycles. The molecule has 0 aromatic rings. The van der Waals surface area contributed by atoms with Crippen LogP contribution < -0.4 is 5.73 Å². The summed E-state index contributed by atoms with van der Waals surface area (Å²) < 4.78 is 0. The molecule has 0 fully saturated rings. The Balaban J connectivity index is 3.32. The second-order valence-electron chi connectivity index (χ2n) is 1.43. The molecule has 48 valence electrons. The van der Waals surface area contributed by atoms with Crippen LogP contribution >= 0.6 is 0 Å². The van der Waals surface area contributed by atoms with Crippen LogP contribution in [0.25, 0.3) is 0 Å². The molecule has 1 atom stereocenters. The lowest BCUT2D eigenvalue weighted by Gasteiger charge is -1.99. The number of nitrogens with two attached hydrogens (primary N) is 1. The first-order chi connectivity index (χ1) is 3.68. The molecule has 0 aliphatic rings. The van der Waals surface area contributed by atoms with Crippen LogP contribution in [0.5, 0.6) is 0 Å². The zero-order valence-electron chi connectivity index (χ0n) is 4.37. The van der Waals surface area contributed by atoms with Gasteiger partial charge in [-0.25, -0.2) is 4.79 Å². The van der Waals surface area contributed by atoms with Gasteiger partial charge in [0, 0.05) is 0 Å². The molecular weight excluding hydrogens is 110 g/mol. The molecule has 0 aliphatic carbocycles. The molecule has 0 spiro atoms. The van der Waals surface area contributed by atoms with Crippen molar-refractivity contribution in [3.63, 3.8) is 0 Å². The van der Waals surface area contributed by atoms with Gasteiger partial charge in [-0.05, 0) is 13.0 Å². The van der Waals surface area contributed by atoms with E-state index < -0.39 is 12.1 Å². The number of hydrogen-bond acceptors (Lipinski definition) is 3. The summed E-state index contributed by atoms with van der Waals surface area (Å²) >= 11 is 0. The van der Waals surface area contributed by atoms with Crippen LogP contribution in [0.4, 0.5) is 0 Å². The Bertz CT molecular complexity index is 83.4. The van der Waals surface area contributed by atoms with E-state index in [9.17, 15) is 4.79 Å². The van der Waals surface area contributed by atoms with Gasteiger partial charge in [-0.1, -0.05) is 0 Å². The molecule has 8 heavy (non-hydrogen) atoms. The van der Waals surface area contributed by atoms with Gasteiger partial charge in [0.05, 0.1) is 0 Å². The number of aliphatic hydroxyl groups excluding tert-OH is 1. The SMILES string of the molecule is NCCC(O)C(=O)O. The van der Waals surface area contributed by atoms with E-state index in [1.165, 1.54) is 0 Å². The summed E-state index contributed by atoms with van der Waals surface area (Å²) in [7, 11) is 0. The molecule has 0 rings (SSSR count). The average molecular weight is 119 g/mol. The largest absolute Gasteiger partial charge is 0.479 e. The number of carboxylic acid groups (broad SMARTS) is 1. The Kier molecular flexibility index (Phi) is 3.14. The maximum absolute atomic E-state index is 9.78. The van der Waals surface area contributed by atoms with Crippen molar-refractivity contribution in [2.75, 3.05) is 6.54 Å². The van der Waals surface area contributed by atoms with Crippen LogP contribution in [0, 0.1) is 0 Å². The predicted octanol–water partition coefficient (Wildman–Crippen LogP) is -1.22. The smallest absolute Gasteiger partial charge is 0.332 e. The van der Waals surface area contributed by atoms with E-state index in [0.717, 1.165) is 0 Å². The molecule has 0 aliphatic heterocycles. The predicted molar refractivity (Wildman–Crippen MR) is 27.3 cm³/mol. The van der Waals surface area contributed by atoms with Crippen molar-refractivity contribution in [3.05, 3.63) is 0 Å². The van der Waals surface area contributed by atoms with E-state index >= 15 is 0 Å². The van der Waals surface area contributed by atoms with Crippen molar-refractivity contribution in [1.29, 1.82) is 0 Å². The van der Waals surface area contributed by atoms with Gasteiger partial charge in [0.25, 0.3) is 0 Å². The summed E-state index contributed by atoms with van der Waals surface area (Å²) in [5, 5.41) is 16.5. The zero-order chi connectivity index (χ0) is 6.57. The Labute approximate surface area is 46.9 Å². The van der Waals surface area contributed by atoms with Crippen molar-refractivity contribution >= 4 is 5.97 Å². The fraction of sp³-hybridized carbons (Fsp3) is 0.750. The van der Waals surface area contributed by atoms with E-state index in [4.69, 9.17) is 15.9 Å². The maximum Gasteiger partial charge on any atom is 0.332 e. The second kappa shape index (κ2) is 3.40. The van der Waals surface area contributed by atoms with Crippen LogP contribution in [0.15, 0.2) is 0 Å². The molecule has 4 nitrogen and oxygen atoms in total. The minimum Gasteiger partial charge on any atom is -0.479 e. The highest BCUT2D eigenvalue weighted by atomic mass is 16.4. The fourth-order valence-corrected chi connectivity index (χ4v) is 0.281. The molecule has 0 bridgehead atoms. The topological polar surface area (TPSA) is 83.5 Å². The van der Waals surface area contributed by atoms with Crippen LogP contribution in [-0.4, -0.2) is 28.8 Å². The summed E-state index contributed by atoms with van der Waals surface area (Å²) in [6, 6.07) is 0. The number of rotatable bonds is 3. The van der Waals surface area contributed by atoms with Gasteiger partial charge in [-0.2, -0.15) is 0 Å². The third-order valence-electron chi connectivity index (χ3n) is 0.725. The van der Waals surface area contributed by atoms with Gasteiger partial charge in [-0.3, -0.25) is 0 Å². The van der Waals surface area contributed by atoms with E-state index in [1.807, 2.05) is 0 Å². The number of aliphatic carboxylic acids is 1. The average Bonchev–Trinajstić information content (AvgIpc) is 1.67. The number of aliphatic hydroxyl groups is 1. The van der Waals surface area contributed by atoms with Crippen LogP contribution in [-0.2, 0) is 4.79 Å². The van der Waals surface area contributed by atoms with Crippen molar-refractivity contribution in [1.82, 2.24) is 0 Å². The van der Waals surface area contributed by atoms with Crippen molar-refractivity contribution < 1.29 is 15.0 Å². The summed E-state index contributed by atoms with van der Waals surface area (Å²) in [5.41, 5.74) is 4.94. The van der Waals surface area contributed by atoms with Crippen molar-refractivity contribution in [3.8, 4) is 0 Å². The van der Waals surface area contributed by atoms with Gasteiger partial charge in [0.15, 0.2) is 6.10 Å². The zero-order valence-corrected chi connectivity index (χ0v) is 4.37. The van der Waals surface area contributed by atoms with Crippen molar-refractivity contribution in [2.24, 2.45) is 5.73 Å². The lowest BCUT2D eigenvalue weighted by molar-refractivity contribution is -0.146. The first-order valence-electron chi connectivity index (χ1n) is 2.29. The normalized spacial score (nSPS) is 13.2. The molecule has 0 saturated carbocycles. The van der Waals surface area contributed by atoms with E-state index in [-0.39, 0.29) is 13.0 Å². The molecule has 0 aromatic carbocycles. The Morgan fingerprint density at radius 2 is 2.25 bits per heavy atom. The number of carbonyl (C=O) groups is 1. The number of carboxylic acids is 1. The standard InChI is InChI=1S/C4H9NO3/c5-2-1-3(6)4(7)8/h3,6H,1-2,5H2,(H,7,8). The number of hydrogen-bond donors (Lipinski definition) is 3. The van der Waals surface area contributed by atoms with E-state index in [1.54, 1.807) is 0 Å². The van der Waals surface area contributed by atoms with Crippen molar-refractivity contribution in [2.45, 2.75) is 12.5 Å². The van der Waals surface area contributed by atoms with Gasteiger partial charge >= 0.3 is 5.97 Å². The Morgan fingerprint density at radius 3 is 2.38 bits per heavy atom. The quantitative estimate of drug-likeness (QED) is 0.435. The monoisotopic (exact) mass is 119 g/mol. The molecule has 0 heterocycles. The van der Waals surface area contributed by atoms with Gasteiger partial charge < -0.3 is 15.9 Å². The third-order valence-corrected chi connectivity index (χ3v) is 0.725. The summed E-state index contributed by atoms with van der Waals surface area (Å²) in [6.45, 7) is 0.202. The van der Waals surface area contributed by atoms with E-state index in [2.05, 4.69) is 0 Å². The van der Waals surface area contributed by atoms with Gasteiger partial charge in [-0.15, -0.1) is 0 Å². The van der Waals surface area contributed by atoms with Gasteiger partial charge in [0.1, 0.15) is 0 Å². The lowest BCUT2D eigenvalue weighted by Crippen LogP contribution is -2.22. The Hall–Kier alpha value is -0.610. The molecule has 1 unspecified atom stereocenters. The second-order valence-corrected chi connectivity index (χ2v) is 1.43. The first kappa shape index (κ1) is 7.39. The molecule has 4 heteroatoms. The molecule has 0 amide bonds. The first-order valence-corrected chi connectivity index (χ1v) is 2.29. The highest BCUT2D eigenvalue weighted by Crippen LogP contribution is 1.86. The van der Waals surface area contributed by atoms with Crippen LogP contribution in [0.3, 0.4) is 0 Å². The molecule has 4 N–H and O–H groups in total. The maximum atomic E-state index is 9.78. The molecular formula is C4H9NO3. The minimum absolute atomic E-state index is 0.120. The lowest BCUT2D eigenvalue weighted by atomic mass is 10.3. The summed E-state index contributed by atoms with van der Waals surface area (Å²) in [4.78, 5) is 9.78. The summed E-state index contributed by atoms with van der Waals surface area (Å²) in [6.07, 6.45) is -1.17. The van der Waals surface area contributed by atoms with Gasteiger partial charge in [0.2, 0.25) is 0 Å². The third kappa shape index (κ3) is 2.54. The van der Waals surface area contributed by atoms with Crippen LogP contribution in [0.1, 0.15) is 6.42 Å². The minimum atomic E-state index is -1.29. The summed E-state index contributed by atoms with van der Waals surface area (Å²) in [5.74, 6) is -1.21. The highest BCUT2D eigenvalue weighted by Gasteiger charge is 2.09. The molecule has 0 saturated heterocycles. The van der Waals surface area contributed by atoms with Crippen LogP contribution in [0.2, 0.25) is 0 Å². The fourth-order valence-electron chi connectivity index (χ4n) is 0.281. The molecule has 0 radical (unpaired) electrons.